The minimum atomic E-state index is -0.810. The molecule has 0 unspecified atom stereocenters. The van der Waals surface area contributed by atoms with Crippen LogP contribution in [-0.2, 0) is 11.2 Å². The first kappa shape index (κ1) is 30.6. The molecule has 1 aromatic heterocycles. The van der Waals surface area contributed by atoms with Crippen LogP contribution in [0.3, 0.4) is 0 Å². The van der Waals surface area contributed by atoms with Gasteiger partial charge in [0.2, 0.25) is 5.91 Å². The average Bonchev–Trinajstić information content (AvgIpc) is 3.00. The number of imide groups is 1. The van der Waals surface area contributed by atoms with Crippen molar-refractivity contribution in [1.82, 2.24) is 15.2 Å². The van der Waals surface area contributed by atoms with E-state index in [1.54, 1.807) is 55.8 Å². The molecule has 1 heterocycles. The number of ether oxygens (including phenoxy) is 3. The number of methoxy groups -OCH3 is 1. The van der Waals surface area contributed by atoms with Gasteiger partial charge in [0.05, 0.1) is 24.7 Å². The molecule has 11 heteroatoms. The van der Waals surface area contributed by atoms with Crippen molar-refractivity contribution in [2.75, 3.05) is 37.7 Å². The highest BCUT2D eigenvalue weighted by molar-refractivity contribution is 7.82. The predicted octanol–water partition coefficient (Wildman–Crippen LogP) is 6.03. The molecule has 0 aliphatic heterocycles. The van der Waals surface area contributed by atoms with Crippen molar-refractivity contribution in [3.63, 3.8) is 0 Å². The second kappa shape index (κ2) is 14.5. The Morgan fingerprint density at radius 1 is 0.952 bits per heavy atom. The Labute approximate surface area is 249 Å². The number of aromatic nitrogens is 1. The van der Waals surface area contributed by atoms with Crippen LogP contribution in [0.1, 0.15) is 19.4 Å². The summed E-state index contributed by atoms with van der Waals surface area (Å²) in [7, 11) is 1.54. The van der Waals surface area contributed by atoms with Crippen LogP contribution in [0.25, 0.3) is 10.9 Å². The van der Waals surface area contributed by atoms with Crippen molar-refractivity contribution in [3.8, 4) is 23.0 Å². The van der Waals surface area contributed by atoms with Gasteiger partial charge in [-0.3, -0.25) is 15.1 Å². The fraction of sp³-hybridized carbons (Fsp3) is 0.258. The van der Waals surface area contributed by atoms with Crippen LogP contribution in [0.15, 0.2) is 72.9 Å². The third kappa shape index (κ3) is 7.68. The van der Waals surface area contributed by atoms with Gasteiger partial charge in [0.15, 0.2) is 23.1 Å². The van der Waals surface area contributed by atoms with Crippen LogP contribution in [0.5, 0.6) is 23.0 Å². The predicted molar refractivity (Wildman–Crippen MR) is 163 cm³/mol. The van der Waals surface area contributed by atoms with Gasteiger partial charge in [0.1, 0.15) is 12.4 Å². The van der Waals surface area contributed by atoms with Crippen LogP contribution >= 0.6 is 12.8 Å². The van der Waals surface area contributed by atoms with Crippen molar-refractivity contribution in [3.05, 3.63) is 84.3 Å². The lowest BCUT2D eigenvalue weighted by Gasteiger charge is -2.19. The van der Waals surface area contributed by atoms with E-state index in [-0.39, 0.29) is 17.9 Å². The zero-order valence-electron chi connectivity index (χ0n) is 23.7. The molecule has 0 aliphatic carbocycles. The van der Waals surface area contributed by atoms with Crippen molar-refractivity contribution >= 4 is 41.3 Å². The van der Waals surface area contributed by atoms with Crippen molar-refractivity contribution < 1.29 is 28.2 Å². The summed E-state index contributed by atoms with van der Waals surface area (Å²) in [5.74, 6) is 0.0750. The standard InChI is InChI=1S/C31H33FN4O5S/c1-4-35(5-2)15-16-40-29-20-25-23(19-28(29)39-3)26(13-14-33-25)41-27-12-11-22(18-24(27)32)36(42)31(38)34-30(37)17-21-9-7-6-8-10-21/h6-14,18-20,42H,4-5,15-17H2,1-3H3,(H,34,37,38). The summed E-state index contributed by atoms with van der Waals surface area (Å²) in [5, 5.41) is 2.84. The van der Waals surface area contributed by atoms with Gasteiger partial charge < -0.3 is 19.1 Å². The maximum absolute atomic E-state index is 15.1. The Kier molecular flexibility index (Phi) is 10.6. The molecule has 42 heavy (non-hydrogen) atoms. The van der Waals surface area contributed by atoms with E-state index in [1.165, 1.54) is 12.1 Å². The summed E-state index contributed by atoms with van der Waals surface area (Å²) in [6.45, 7) is 7.32. The highest BCUT2D eigenvalue weighted by Crippen LogP contribution is 2.38. The van der Waals surface area contributed by atoms with E-state index >= 15 is 4.39 Å². The van der Waals surface area contributed by atoms with Crippen molar-refractivity contribution in [1.29, 1.82) is 0 Å². The molecule has 9 nitrogen and oxygen atoms in total. The molecule has 0 atom stereocenters. The lowest BCUT2D eigenvalue weighted by Crippen LogP contribution is -2.39. The first-order chi connectivity index (χ1) is 20.3. The van der Waals surface area contributed by atoms with Gasteiger partial charge in [-0.2, -0.15) is 0 Å². The molecule has 0 fully saturated rings. The number of hydrogen-bond donors (Lipinski definition) is 2. The topological polar surface area (TPSA) is 93.2 Å². The monoisotopic (exact) mass is 592 g/mol. The van der Waals surface area contributed by atoms with E-state index in [1.807, 2.05) is 6.07 Å². The van der Waals surface area contributed by atoms with Gasteiger partial charge in [-0.25, -0.2) is 13.5 Å². The number of urea groups is 1. The minimum absolute atomic E-state index is 0.0178. The molecule has 0 spiro atoms. The maximum atomic E-state index is 15.1. The molecule has 220 valence electrons. The molecule has 4 rings (SSSR count). The van der Waals surface area contributed by atoms with Gasteiger partial charge in [-0.15, -0.1) is 0 Å². The number of carbonyl (C=O) groups excluding carboxylic acids is 2. The molecule has 0 saturated heterocycles. The quantitative estimate of drug-likeness (QED) is 0.194. The lowest BCUT2D eigenvalue weighted by atomic mass is 10.1. The smallest absolute Gasteiger partial charge is 0.338 e. The second-order valence-electron chi connectivity index (χ2n) is 9.25. The number of benzene rings is 3. The molecule has 0 saturated carbocycles. The van der Waals surface area contributed by atoms with Crippen LogP contribution < -0.4 is 23.8 Å². The Morgan fingerprint density at radius 3 is 2.40 bits per heavy atom. The molecule has 1 N–H and O–H groups in total. The van der Waals surface area contributed by atoms with Crippen LogP contribution in [0.2, 0.25) is 0 Å². The third-order valence-electron chi connectivity index (χ3n) is 6.57. The number of nitrogens with one attached hydrogen (secondary N) is 1. The van der Waals surface area contributed by atoms with E-state index < -0.39 is 17.8 Å². The molecular weight excluding hydrogens is 559 g/mol. The zero-order chi connectivity index (χ0) is 30.1. The number of pyridine rings is 1. The number of anilines is 1. The highest BCUT2D eigenvalue weighted by Gasteiger charge is 2.19. The Morgan fingerprint density at radius 2 is 1.71 bits per heavy atom. The van der Waals surface area contributed by atoms with Gasteiger partial charge in [0.25, 0.3) is 0 Å². The molecule has 0 bridgehead atoms. The maximum Gasteiger partial charge on any atom is 0.338 e. The van der Waals surface area contributed by atoms with E-state index in [2.05, 4.69) is 41.9 Å². The van der Waals surface area contributed by atoms with Gasteiger partial charge >= 0.3 is 6.03 Å². The first-order valence-electron chi connectivity index (χ1n) is 13.5. The summed E-state index contributed by atoms with van der Waals surface area (Å²) in [6, 6.07) is 17.2. The number of thiol groups is 1. The second-order valence-corrected chi connectivity index (χ2v) is 9.65. The largest absolute Gasteiger partial charge is 0.493 e. The number of carbonyl (C=O) groups is 2. The summed E-state index contributed by atoms with van der Waals surface area (Å²) in [5.41, 5.74) is 1.45. The number of likely N-dealkylation sites (N-methyl/N-ethyl adjacent to an activating group) is 1. The van der Waals surface area contributed by atoms with E-state index in [4.69, 9.17) is 14.2 Å². The molecule has 0 aliphatic rings. The molecule has 0 radical (unpaired) electrons. The number of amides is 3. The summed E-state index contributed by atoms with van der Waals surface area (Å²) in [6.07, 6.45) is 1.58. The molecule has 3 aromatic carbocycles. The Bertz CT molecular complexity index is 1540. The van der Waals surface area contributed by atoms with Gasteiger partial charge in [-0.05, 0) is 42.9 Å². The lowest BCUT2D eigenvalue weighted by molar-refractivity contribution is -0.119. The third-order valence-corrected chi connectivity index (χ3v) is 6.99. The minimum Gasteiger partial charge on any atom is -0.493 e. The van der Waals surface area contributed by atoms with Crippen LogP contribution in [0, 0.1) is 5.82 Å². The zero-order valence-corrected chi connectivity index (χ0v) is 24.6. The van der Waals surface area contributed by atoms with E-state index in [0.717, 1.165) is 35.6 Å². The first-order valence-corrected chi connectivity index (χ1v) is 13.9. The number of fused-ring (bicyclic) bond motifs is 1. The van der Waals surface area contributed by atoms with E-state index in [0.29, 0.717) is 34.8 Å². The Hall–Kier alpha value is -4.35. The summed E-state index contributed by atoms with van der Waals surface area (Å²) < 4.78 is 33.4. The SMILES string of the molecule is CCN(CC)CCOc1cc2nccc(Oc3ccc(N(S)C(=O)NC(=O)Cc4ccccc4)cc3F)c2cc1OC. The van der Waals surface area contributed by atoms with Gasteiger partial charge in [0, 0.05) is 30.3 Å². The van der Waals surface area contributed by atoms with Crippen molar-refractivity contribution in [2.45, 2.75) is 20.3 Å². The highest BCUT2D eigenvalue weighted by atomic mass is 32.1. The molecule has 3 amide bonds. The number of halogens is 1. The Balaban J connectivity index is 1.46. The van der Waals surface area contributed by atoms with Crippen LogP contribution in [-0.4, -0.2) is 55.2 Å². The number of rotatable bonds is 12. The number of nitrogens with zero attached hydrogens (tertiary/aromatic N) is 3. The van der Waals surface area contributed by atoms with Crippen LogP contribution in [0.4, 0.5) is 14.9 Å². The molecule has 4 aromatic rings. The number of hydrogen-bond acceptors (Lipinski definition) is 8. The normalized spacial score (nSPS) is 10.9. The average molecular weight is 593 g/mol. The van der Waals surface area contributed by atoms with Crippen molar-refractivity contribution in [2.24, 2.45) is 0 Å². The van der Waals surface area contributed by atoms with E-state index in [9.17, 15) is 9.59 Å². The summed E-state index contributed by atoms with van der Waals surface area (Å²) in [4.78, 5) is 31.4. The van der Waals surface area contributed by atoms with Gasteiger partial charge in [-0.1, -0.05) is 57.0 Å². The molecular formula is C31H33FN4O5S. The summed E-state index contributed by atoms with van der Waals surface area (Å²) >= 11 is 4.15. The fourth-order valence-corrected chi connectivity index (χ4v) is 4.43. The fourth-order valence-electron chi connectivity index (χ4n) is 4.25.